The van der Waals surface area contributed by atoms with E-state index in [1.54, 1.807) is 0 Å². The summed E-state index contributed by atoms with van der Waals surface area (Å²) in [5, 5.41) is 7.13. The number of amides is 2. The summed E-state index contributed by atoms with van der Waals surface area (Å²) in [6.07, 6.45) is 2.12. The minimum atomic E-state index is -0.288. The van der Waals surface area contributed by atoms with Gasteiger partial charge in [0.15, 0.2) is 5.82 Å². The molecule has 1 N–H and O–H groups in total. The molecule has 2 aromatic rings. The number of aromatic nitrogens is 2. The minimum absolute atomic E-state index is 0.0264. The molecule has 0 saturated carbocycles. The van der Waals surface area contributed by atoms with E-state index >= 15 is 0 Å². The summed E-state index contributed by atoms with van der Waals surface area (Å²) in [5.41, 5.74) is 0.807. The lowest BCUT2D eigenvalue weighted by Crippen LogP contribution is -2.45. The Morgan fingerprint density at radius 1 is 1.20 bits per heavy atom. The number of fused-ring (bicyclic) bond motifs is 1. The minimum Gasteiger partial charge on any atom is -0.381 e. The molecule has 1 aromatic carbocycles. The van der Waals surface area contributed by atoms with Gasteiger partial charge in [0.05, 0.1) is 5.41 Å². The molecule has 3 saturated heterocycles. The van der Waals surface area contributed by atoms with Crippen molar-refractivity contribution in [3.63, 3.8) is 0 Å². The van der Waals surface area contributed by atoms with E-state index in [9.17, 15) is 4.79 Å². The summed E-state index contributed by atoms with van der Waals surface area (Å²) >= 11 is 0. The van der Waals surface area contributed by atoms with Crippen LogP contribution in [0.2, 0.25) is 0 Å². The van der Waals surface area contributed by atoms with Crippen molar-refractivity contribution in [1.82, 2.24) is 25.3 Å². The predicted molar refractivity (Wildman–Crippen MR) is 110 cm³/mol. The van der Waals surface area contributed by atoms with Crippen LogP contribution in [0.25, 0.3) is 0 Å². The standard InChI is InChI=1S/C22H29N5O3/c1-16-24-20(30-25-16)22-14-26(19-7-9-29-10-8-19)12-18(22)13-27(15-22)21(28)23-11-17-5-3-2-4-6-17/h2-6,18-19H,7-15H2,1H3,(H,23,28)/t18-,22-/m1/s1. The van der Waals surface area contributed by atoms with Gasteiger partial charge in [-0.05, 0) is 25.3 Å². The Morgan fingerprint density at radius 3 is 2.73 bits per heavy atom. The second-order valence-corrected chi connectivity index (χ2v) is 8.80. The van der Waals surface area contributed by atoms with Crippen molar-refractivity contribution in [2.24, 2.45) is 5.92 Å². The number of aryl methyl sites for hydroxylation is 1. The Kier molecular flexibility index (Phi) is 5.20. The zero-order valence-electron chi connectivity index (χ0n) is 17.4. The van der Waals surface area contributed by atoms with E-state index < -0.39 is 0 Å². The Labute approximate surface area is 176 Å². The van der Waals surface area contributed by atoms with Crippen LogP contribution in [0.1, 0.15) is 30.1 Å². The molecule has 160 valence electrons. The number of rotatable bonds is 4. The van der Waals surface area contributed by atoms with Crippen molar-refractivity contribution in [1.29, 1.82) is 0 Å². The fourth-order valence-corrected chi connectivity index (χ4v) is 5.27. The van der Waals surface area contributed by atoms with E-state index in [4.69, 9.17) is 9.26 Å². The Morgan fingerprint density at radius 2 is 2.00 bits per heavy atom. The fraction of sp³-hybridized carbons (Fsp3) is 0.591. The molecule has 2 atom stereocenters. The molecule has 5 rings (SSSR count). The van der Waals surface area contributed by atoms with E-state index in [1.165, 1.54) is 0 Å². The summed E-state index contributed by atoms with van der Waals surface area (Å²) in [6.45, 7) is 7.16. The number of nitrogens with zero attached hydrogens (tertiary/aromatic N) is 4. The lowest BCUT2D eigenvalue weighted by molar-refractivity contribution is 0.0377. The molecule has 2 amide bonds. The third-order valence-corrected chi connectivity index (χ3v) is 6.87. The number of ether oxygens (including phenoxy) is 1. The van der Waals surface area contributed by atoms with Crippen molar-refractivity contribution >= 4 is 6.03 Å². The average Bonchev–Trinajstić information content (AvgIpc) is 3.46. The molecule has 8 heteroatoms. The molecule has 4 heterocycles. The highest BCUT2D eigenvalue weighted by Crippen LogP contribution is 2.45. The van der Waals surface area contributed by atoms with Gasteiger partial charge in [-0.25, -0.2) is 4.79 Å². The van der Waals surface area contributed by atoms with Crippen LogP contribution >= 0.6 is 0 Å². The molecular formula is C22H29N5O3. The highest BCUT2D eigenvalue weighted by atomic mass is 16.5. The van der Waals surface area contributed by atoms with Gasteiger partial charge in [0, 0.05) is 57.9 Å². The van der Waals surface area contributed by atoms with Crippen molar-refractivity contribution in [3.8, 4) is 0 Å². The van der Waals surface area contributed by atoms with Gasteiger partial charge in [-0.15, -0.1) is 0 Å². The molecular weight excluding hydrogens is 382 g/mol. The molecule has 3 aliphatic rings. The van der Waals surface area contributed by atoms with Crippen molar-refractivity contribution < 1.29 is 14.1 Å². The lowest BCUT2D eigenvalue weighted by Gasteiger charge is -2.33. The van der Waals surface area contributed by atoms with E-state index in [0.717, 1.165) is 44.7 Å². The molecule has 1 aromatic heterocycles. The first-order valence-electron chi connectivity index (χ1n) is 10.8. The smallest absolute Gasteiger partial charge is 0.317 e. The van der Waals surface area contributed by atoms with Crippen molar-refractivity contribution in [2.75, 3.05) is 39.4 Å². The summed E-state index contributed by atoms with van der Waals surface area (Å²) in [6, 6.07) is 10.5. The number of urea groups is 1. The van der Waals surface area contributed by atoms with E-state index in [0.29, 0.717) is 43.3 Å². The highest BCUT2D eigenvalue weighted by molar-refractivity contribution is 5.75. The number of hydrogen-bond donors (Lipinski definition) is 1. The average molecular weight is 412 g/mol. The van der Waals surface area contributed by atoms with Gasteiger partial charge in [0.1, 0.15) is 0 Å². The predicted octanol–water partition coefficient (Wildman–Crippen LogP) is 1.95. The monoisotopic (exact) mass is 411 g/mol. The molecule has 0 unspecified atom stereocenters. The summed E-state index contributed by atoms with van der Waals surface area (Å²) in [4.78, 5) is 22.0. The third-order valence-electron chi connectivity index (χ3n) is 6.87. The molecule has 0 bridgehead atoms. The molecule has 0 spiro atoms. The van der Waals surface area contributed by atoms with Crippen LogP contribution in [0, 0.1) is 12.8 Å². The summed E-state index contributed by atoms with van der Waals surface area (Å²) in [7, 11) is 0. The van der Waals surface area contributed by atoms with Crippen LogP contribution in [0.15, 0.2) is 34.9 Å². The third kappa shape index (κ3) is 3.58. The zero-order chi connectivity index (χ0) is 20.6. The topological polar surface area (TPSA) is 83.7 Å². The Balaban J connectivity index is 1.31. The van der Waals surface area contributed by atoms with E-state index in [1.807, 2.05) is 42.2 Å². The van der Waals surface area contributed by atoms with Crippen LogP contribution < -0.4 is 5.32 Å². The Bertz CT molecular complexity index is 882. The summed E-state index contributed by atoms with van der Waals surface area (Å²) < 4.78 is 11.2. The molecule has 0 radical (unpaired) electrons. The van der Waals surface area contributed by atoms with Gasteiger partial charge in [0.25, 0.3) is 0 Å². The van der Waals surface area contributed by atoms with Gasteiger partial charge >= 0.3 is 6.03 Å². The molecule has 30 heavy (non-hydrogen) atoms. The largest absolute Gasteiger partial charge is 0.381 e. The van der Waals surface area contributed by atoms with Gasteiger partial charge in [-0.3, -0.25) is 4.90 Å². The maximum absolute atomic E-state index is 12.9. The number of nitrogens with one attached hydrogen (secondary N) is 1. The highest BCUT2D eigenvalue weighted by Gasteiger charge is 2.58. The SMILES string of the molecule is Cc1noc([C@]23CN(C(=O)NCc4ccccc4)C[C@H]2CN(C2CCOCC2)C3)n1. The van der Waals surface area contributed by atoms with Crippen molar-refractivity contribution in [3.05, 3.63) is 47.6 Å². The molecule has 0 aliphatic carbocycles. The second kappa shape index (κ2) is 8.00. The normalized spacial score (nSPS) is 27.4. The number of likely N-dealkylation sites (tertiary alicyclic amines) is 2. The maximum atomic E-state index is 12.9. The van der Waals surface area contributed by atoms with Crippen LogP contribution in [-0.2, 0) is 16.7 Å². The second-order valence-electron chi connectivity index (χ2n) is 8.80. The van der Waals surface area contributed by atoms with Crippen LogP contribution in [0.3, 0.4) is 0 Å². The molecule has 3 aliphatic heterocycles. The number of hydrogen-bond acceptors (Lipinski definition) is 6. The molecule has 8 nitrogen and oxygen atoms in total. The van der Waals surface area contributed by atoms with E-state index in [-0.39, 0.29) is 11.4 Å². The lowest BCUT2D eigenvalue weighted by atomic mass is 9.81. The fourth-order valence-electron chi connectivity index (χ4n) is 5.27. The number of carbonyl (C=O) groups excluding carboxylic acids is 1. The zero-order valence-corrected chi connectivity index (χ0v) is 17.4. The van der Waals surface area contributed by atoms with Crippen molar-refractivity contribution in [2.45, 2.75) is 37.8 Å². The first-order valence-corrected chi connectivity index (χ1v) is 10.8. The van der Waals surface area contributed by atoms with Gasteiger partial charge in [-0.1, -0.05) is 35.5 Å². The number of carbonyl (C=O) groups is 1. The quantitative estimate of drug-likeness (QED) is 0.828. The summed E-state index contributed by atoms with van der Waals surface area (Å²) in [5.74, 6) is 1.62. The maximum Gasteiger partial charge on any atom is 0.317 e. The number of benzene rings is 1. The van der Waals surface area contributed by atoms with Gasteiger partial charge in [-0.2, -0.15) is 4.98 Å². The van der Waals surface area contributed by atoms with Crippen LogP contribution in [-0.4, -0.2) is 71.4 Å². The van der Waals surface area contributed by atoms with E-state index in [2.05, 4.69) is 20.4 Å². The van der Waals surface area contributed by atoms with Crippen LogP contribution in [0.4, 0.5) is 4.79 Å². The molecule has 3 fully saturated rings. The van der Waals surface area contributed by atoms with Gasteiger partial charge < -0.3 is 19.5 Å². The van der Waals surface area contributed by atoms with Gasteiger partial charge in [0.2, 0.25) is 5.89 Å². The Hall–Kier alpha value is -2.45. The first kappa shape index (κ1) is 19.5. The van der Waals surface area contributed by atoms with Crippen LogP contribution in [0.5, 0.6) is 0 Å². The first-order chi connectivity index (χ1) is 14.6.